The van der Waals surface area contributed by atoms with Gasteiger partial charge in [0.05, 0.1) is 6.54 Å². The Balaban J connectivity index is 2.40. The van der Waals surface area contributed by atoms with E-state index in [1.165, 1.54) is 11.1 Å². The SMILES string of the molecule is CC1=CN2CCN=C2C(C)=C1. The molecule has 2 rings (SSSR count). The topological polar surface area (TPSA) is 15.6 Å². The minimum absolute atomic E-state index is 0.949. The van der Waals surface area contributed by atoms with Crippen molar-refractivity contribution in [3.05, 3.63) is 23.4 Å². The third-order valence-electron chi connectivity index (χ3n) is 2.03. The van der Waals surface area contributed by atoms with Gasteiger partial charge < -0.3 is 4.90 Å². The molecular formula is C9H12N2. The molecule has 0 radical (unpaired) electrons. The number of rotatable bonds is 0. The van der Waals surface area contributed by atoms with E-state index in [1.807, 2.05) is 0 Å². The molecule has 0 saturated carbocycles. The average Bonchev–Trinajstić information content (AvgIpc) is 2.34. The Labute approximate surface area is 66.9 Å². The van der Waals surface area contributed by atoms with Gasteiger partial charge in [-0.15, -0.1) is 0 Å². The number of nitrogens with zero attached hydrogens (tertiary/aromatic N) is 2. The average molecular weight is 148 g/mol. The molecule has 2 heterocycles. The van der Waals surface area contributed by atoms with Gasteiger partial charge in [-0.3, -0.25) is 4.99 Å². The number of hydrogen-bond donors (Lipinski definition) is 0. The van der Waals surface area contributed by atoms with E-state index in [0.29, 0.717) is 0 Å². The lowest BCUT2D eigenvalue weighted by molar-refractivity contribution is 0.603. The van der Waals surface area contributed by atoms with Crippen molar-refractivity contribution in [3.63, 3.8) is 0 Å². The molecule has 0 N–H and O–H groups in total. The fourth-order valence-corrected chi connectivity index (χ4v) is 1.63. The van der Waals surface area contributed by atoms with Crippen LogP contribution >= 0.6 is 0 Å². The molecule has 58 valence electrons. The predicted molar refractivity (Wildman–Crippen MR) is 46.5 cm³/mol. The Morgan fingerprint density at radius 1 is 1.45 bits per heavy atom. The molecule has 0 bridgehead atoms. The van der Waals surface area contributed by atoms with Crippen molar-refractivity contribution in [2.45, 2.75) is 13.8 Å². The maximum atomic E-state index is 4.40. The Bertz CT molecular complexity index is 271. The summed E-state index contributed by atoms with van der Waals surface area (Å²) in [6.07, 6.45) is 4.35. The van der Waals surface area contributed by atoms with Gasteiger partial charge in [0.2, 0.25) is 0 Å². The van der Waals surface area contributed by atoms with Crippen LogP contribution in [0.15, 0.2) is 28.4 Å². The van der Waals surface area contributed by atoms with E-state index < -0.39 is 0 Å². The molecule has 0 aliphatic carbocycles. The summed E-state index contributed by atoms with van der Waals surface area (Å²) in [5.41, 5.74) is 2.62. The van der Waals surface area contributed by atoms with Crippen LogP contribution in [0.4, 0.5) is 0 Å². The largest absolute Gasteiger partial charge is 0.331 e. The maximum Gasteiger partial charge on any atom is 0.130 e. The first-order chi connectivity index (χ1) is 5.27. The zero-order chi connectivity index (χ0) is 7.84. The Morgan fingerprint density at radius 3 is 3.09 bits per heavy atom. The van der Waals surface area contributed by atoms with Gasteiger partial charge in [-0.1, -0.05) is 6.08 Å². The van der Waals surface area contributed by atoms with Crippen LogP contribution in [-0.2, 0) is 0 Å². The molecule has 2 heteroatoms. The van der Waals surface area contributed by atoms with Gasteiger partial charge in [-0.25, -0.2) is 0 Å². The van der Waals surface area contributed by atoms with Crippen LogP contribution in [0.5, 0.6) is 0 Å². The highest BCUT2D eigenvalue weighted by Gasteiger charge is 2.18. The van der Waals surface area contributed by atoms with Crippen molar-refractivity contribution in [1.29, 1.82) is 0 Å². The van der Waals surface area contributed by atoms with Crippen molar-refractivity contribution in [1.82, 2.24) is 4.90 Å². The van der Waals surface area contributed by atoms with Gasteiger partial charge in [-0.2, -0.15) is 0 Å². The number of fused-ring (bicyclic) bond motifs is 1. The van der Waals surface area contributed by atoms with Crippen LogP contribution in [-0.4, -0.2) is 23.8 Å². The summed E-state index contributed by atoms with van der Waals surface area (Å²) >= 11 is 0. The molecule has 0 aromatic rings. The summed E-state index contributed by atoms with van der Waals surface area (Å²) in [4.78, 5) is 6.63. The van der Waals surface area contributed by atoms with Gasteiger partial charge in [0.15, 0.2) is 0 Å². The third kappa shape index (κ3) is 0.985. The van der Waals surface area contributed by atoms with E-state index in [2.05, 4.69) is 36.0 Å². The summed E-state index contributed by atoms with van der Waals surface area (Å²) < 4.78 is 0. The van der Waals surface area contributed by atoms with Crippen LogP contribution in [0, 0.1) is 0 Å². The van der Waals surface area contributed by atoms with Crippen LogP contribution < -0.4 is 0 Å². The van der Waals surface area contributed by atoms with Crippen LogP contribution in [0.2, 0.25) is 0 Å². The third-order valence-corrected chi connectivity index (χ3v) is 2.03. The normalized spacial score (nSPS) is 22.4. The molecule has 2 aliphatic rings. The Hall–Kier alpha value is -1.05. The standard InChI is InChI=1S/C9H12N2/c1-7-5-8(2)9-10-3-4-11(9)6-7/h5-6H,3-4H2,1-2H3. The quantitative estimate of drug-likeness (QED) is 0.509. The zero-order valence-corrected chi connectivity index (χ0v) is 6.96. The van der Waals surface area contributed by atoms with E-state index in [1.54, 1.807) is 0 Å². The first-order valence-electron chi connectivity index (χ1n) is 3.95. The number of amidine groups is 1. The van der Waals surface area contributed by atoms with Gasteiger partial charge in [0.1, 0.15) is 5.84 Å². The molecular weight excluding hydrogens is 136 g/mol. The molecule has 0 aromatic heterocycles. The highest BCUT2D eigenvalue weighted by Crippen LogP contribution is 2.18. The molecule has 0 saturated heterocycles. The molecule has 0 unspecified atom stereocenters. The second kappa shape index (κ2) is 2.22. The second-order valence-corrected chi connectivity index (χ2v) is 3.10. The van der Waals surface area contributed by atoms with Gasteiger partial charge >= 0.3 is 0 Å². The first kappa shape index (κ1) is 6.65. The predicted octanol–water partition coefficient (Wildman–Crippen LogP) is 1.56. The summed E-state index contributed by atoms with van der Waals surface area (Å²) in [6, 6.07) is 0. The number of aliphatic imine (C=N–C) groups is 1. The molecule has 0 spiro atoms. The van der Waals surface area contributed by atoms with Crippen LogP contribution in [0.1, 0.15) is 13.8 Å². The first-order valence-corrected chi connectivity index (χ1v) is 3.95. The smallest absolute Gasteiger partial charge is 0.130 e. The fourth-order valence-electron chi connectivity index (χ4n) is 1.63. The number of allylic oxidation sites excluding steroid dienone is 2. The van der Waals surface area contributed by atoms with E-state index >= 15 is 0 Å². The lowest BCUT2D eigenvalue weighted by Gasteiger charge is -2.20. The molecule has 2 nitrogen and oxygen atoms in total. The van der Waals surface area contributed by atoms with Crippen LogP contribution in [0.25, 0.3) is 0 Å². The second-order valence-electron chi connectivity index (χ2n) is 3.10. The van der Waals surface area contributed by atoms with Crippen molar-refractivity contribution in [3.8, 4) is 0 Å². The van der Waals surface area contributed by atoms with Gasteiger partial charge in [-0.05, 0) is 25.0 Å². The molecule has 0 atom stereocenters. The van der Waals surface area contributed by atoms with E-state index in [-0.39, 0.29) is 0 Å². The zero-order valence-electron chi connectivity index (χ0n) is 6.96. The lowest BCUT2D eigenvalue weighted by atomic mass is 10.1. The van der Waals surface area contributed by atoms with Gasteiger partial charge in [0, 0.05) is 12.7 Å². The summed E-state index contributed by atoms with van der Waals surface area (Å²) in [7, 11) is 0. The van der Waals surface area contributed by atoms with Crippen molar-refractivity contribution < 1.29 is 0 Å². The van der Waals surface area contributed by atoms with Crippen molar-refractivity contribution in [2.75, 3.05) is 13.1 Å². The van der Waals surface area contributed by atoms with Crippen molar-refractivity contribution in [2.24, 2.45) is 4.99 Å². The molecule has 0 amide bonds. The van der Waals surface area contributed by atoms with E-state index in [0.717, 1.165) is 18.9 Å². The summed E-state index contributed by atoms with van der Waals surface area (Å²) in [5.74, 6) is 1.16. The minimum atomic E-state index is 0.949. The Kier molecular flexibility index (Phi) is 1.34. The van der Waals surface area contributed by atoms with Gasteiger partial charge in [0.25, 0.3) is 0 Å². The van der Waals surface area contributed by atoms with Crippen LogP contribution in [0.3, 0.4) is 0 Å². The van der Waals surface area contributed by atoms with E-state index in [4.69, 9.17) is 0 Å². The Morgan fingerprint density at radius 2 is 2.27 bits per heavy atom. The van der Waals surface area contributed by atoms with Crippen molar-refractivity contribution >= 4 is 5.84 Å². The minimum Gasteiger partial charge on any atom is -0.331 e. The fraction of sp³-hybridized carbons (Fsp3) is 0.444. The molecule has 2 aliphatic heterocycles. The highest BCUT2D eigenvalue weighted by molar-refractivity contribution is 6.00. The number of hydrogen-bond acceptors (Lipinski definition) is 2. The molecule has 0 aromatic carbocycles. The summed E-state index contributed by atoms with van der Waals surface area (Å²) in [5, 5.41) is 0. The lowest BCUT2D eigenvalue weighted by Crippen LogP contribution is -2.25. The summed E-state index contributed by atoms with van der Waals surface area (Å²) in [6.45, 7) is 6.24. The molecule has 11 heavy (non-hydrogen) atoms. The highest BCUT2D eigenvalue weighted by atomic mass is 15.2. The van der Waals surface area contributed by atoms with E-state index in [9.17, 15) is 0 Å². The molecule has 0 fully saturated rings. The monoisotopic (exact) mass is 148 g/mol. The maximum absolute atomic E-state index is 4.40.